The van der Waals surface area contributed by atoms with Crippen LogP contribution in [0.1, 0.15) is 83.3 Å². The van der Waals surface area contributed by atoms with Crippen LogP contribution < -0.4 is 5.32 Å². The Morgan fingerprint density at radius 1 is 1.21 bits per heavy atom. The van der Waals surface area contributed by atoms with E-state index in [4.69, 9.17) is 0 Å². The van der Waals surface area contributed by atoms with Gasteiger partial charge in [0, 0.05) is 30.4 Å². The number of nitrogens with one attached hydrogen (secondary N) is 2. The Labute approximate surface area is 173 Å². The summed E-state index contributed by atoms with van der Waals surface area (Å²) in [7, 11) is 0. The van der Waals surface area contributed by atoms with Gasteiger partial charge in [0.2, 0.25) is 0 Å². The van der Waals surface area contributed by atoms with Gasteiger partial charge in [-0.25, -0.2) is 0 Å². The number of rotatable bonds is 7. The lowest BCUT2D eigenvalue weighted by molar-refractivity contribution is 0.0945. The van der Waals surface area contributed by atoms with Crippen molar-refractivity contribution in [1.82, 2.24) is 15.2 Å². The van der Waals surface area contributed by atoms with E-state index < -0.39 is 0 Å². The molecule has 1 unspecified atom stereocenters. The minimum atomic E-state index is -0.154. The van der Waals surface area contributed by atoms with Crippen molar-refractivity contribution in [2.24, 2.45) is 0 Å². The lowest BCUT2D eigenvalue weighted by atomic mass is 10.0. The van der Waals surface area contributed by atoms with Gasteiger partial charge in [-0.2, -0.15) is 0 Å². The maximum Gasteiger partial charge on any atom is 0.268 e. The lowest BCUT2D eigenvalue weighted by Gasteiger charge is -2.33. The summed E-state index contributed by atoms with van der Waals surface area (Å²) in [6.45, 7) is 10.2. The summed E-state index contributed by atoms with van der Waals surface area (Å²) >= 11 is 0. The van der Waals surface area contributed by atoms with Gasteiger partial charge < -0.3 is 10.3 Å². The Morgan fingerprint density at radius 2 is 1.93 bits per heavy atom. The molecule has 2 N–H and O–H groups in total. The number of H-pyrrole nitrogens is 1. The Bertz CT molecular complexity index is 884. The van der Waals surface area contributed by atoms with E-state index in [0.29, 0.717) is 30.3 Å². The molecule has 1 fully saturated rings. The largest absolute Gasteiger partial charge is 0.354 e. The molecule has 2 aromatic rings. The second kappa shape index (κ2) is 9.40. The SMILES string of the molecule is CCc1c(C(=O)NCc2ccccc2CN2CCCCC2C)[nH]c(C)c1C(C)=O. The van der Waals surface area contributed by atoms with E-state index in [1.54, 1.807) is 6.92 Å². The number of carbonyl (C=O) groups is 2. The summed E-state index contributed by atoms with van der Waals surface area (Å²) in [5.41, 5.74) is 5.15. The molecule has 156 valence electrons. The molecule has 3 rings (SSSR count). The van der Waals surface area contributed by atoms with Gasteiger partial charge in [-0.1, -0.05) is 37.6 Å². The van der Waals surface area contributed by atoms with Gasteiger partial charge >= 0.3 is 0 Å². The highest BCUT2D eigenvalue weighted by Gasteiger charge is 2.22. The lowest BCUT2D eigenvalue weighted by Crippen LogP contribution is -2.37. The highest BCUT2D eigenvalue weighted by molar-refractivity contribution is 6.02. The summed E-state index contributed by atoms with van der Waals surface area (Å²) < 4.78 is 0. The van der Waals surface area contributed by atoms with Crippen molar-refractivity contribution in [3.8, 4) is 0 Å². The van der Waals surface area contributed by atoms with Crippen LogP contribution in [-0.2, 0) is 19.5 Å². The Hall–Kier alpha value is -2.40. The quantitative estimate of drug-likeness (QED) is 0.683. The highest BCUT2D eigenvalue weighted by atomic mass is 16.2. The number of piperidine rings is 1. The number of aryl methyl sites for hydroxylation is 1. The molecular formula is C24H33N3O2. The molecule has 1 aliphatic rings. The van der Waals surface area contributed by atoms with Crippen molar-refractivity contribution in [2.45, 2.75) is 72.5 Å². The number of Topliss-reactive ketones (excluding diaryl/α,β-unsaturated/α-hetero) is 1. The van der Waals surface area contributed by atoms with Crippen LogP contribution in [0.4, 0.5) is 0 Å². The fraction of sp³-hybridized carbons (Fsp3) is 0.500. The maximum absolute atomic E-state index is 12.9. The van der Waals surface area contributed by atoms with Gasteiger partial charge in [-0.15, -0.1) is 0 Å². The number of nitrogens with zero attached hydrogens (tertiary/aromatic N) is 1. The molecule has 1 atom stereocenters. The first-order chi connectivity index (χ1) is 13.9. The number of likely N-dealkylation sites (tertiary alicyclic amines) is 1. The second-order valence-electron chi connectivity index (χ2n) is 8.15. The second-order valence-corrected chi connectivity index (χ2v) is 8.15. The van der Waals surface area contributed by atoms with E-state index in [2.05, 4.69) is 40.3 Å². The van der Waals surface area contributed by atoms with Crippen LogP contribution in [0.25, 0.3) is 0 Å². The van der Waals surface area contributed by atoms with Crippen LogP contribution >= 0.6 is 0 Å². The van der Waals surface area contributed by atoms with Gasteiger partial charge in [0.15, 0.2) is 5.78 Å². The first-order valence-electron chi connectivity index (χ1n) is 10.7. The minimum absolute atomic E-state index is 0.00403. The molecule has 5 heteroatoms. The molecule has 0 bridgehead atoms. The van der Waals surface area contributed by atoms with Crippen LogP contribution in [0.5, 0.6) is 0 Å². The van der Waals surface area contributed by atoms with E-state index in [9.17, 15) is 9.59 Å². The van der Waals surface area contributed by atoms with E-state index in [1.807, 2.05) is 19.9 Å². The molecule has 1 aromatic heterocycles. The third-order valence-electron chi connectivity index (χ3n) is 6.10. The number of amides is 1. The molecule has 1 aromatic carbocycles. The van der Waals surface area contributed by atoms with Crippen molar-refractivity contribution < 1.29 is 9.59 Å². The summed E-state index contributed by atoms with van der Waals surface area (Å²) in [5.74, 6) is -0.158. The van der Waals surface area contributed by atoms with Crippen LogP contribution in [0.2, 0.25) is 0 Å². The number of aromatic amines is 1. The maximum atomic E-state index is 12.9. The third kappa shape index (κ3) is 4.78. The average Bonchev–Trinajstić information content (AvgIpc) is 3.05. The summed E-state index contributed by atoms with van der Waals surface area (Å²) in [6, 6.07) is 8.94. The van der Waals surface area contributed by atoms with Crippen LogP contribution in [0.15, 0.2) is 24.3 Å². The monoisotopic (exact) mass is 395 g/mol. The van der Waals surface area contributed by atoms with E-state index >= 15 is 0 Å². The van der Waals surface area contributed by atoms with Crippen LogP contribution in [-0.4, -0.2) is 34.2 Å². The fourth-order valence-electron chi connectivity index (χ4n) is 4.46. The molecule has 0 aliphatic carbocycles. The van der Waals surface area contributed by atoms with Gasteiger partial charge in [0.1, 0.15) is 5.69 Å². The number of hydrogen-bond acceptors (Lipinski definition) is 3. The molecule has 0 spiro atoms. The van der Waals surface area contributed by atoms with Crippen molar-refractivity contribution in [3.63, 3.8) is 0 Å². The summed E-state index contributed by atoms with van der Waals surface area (Å²) in [4.78, 5) is 30.5. The Morgan fingerprint density at radius 3 is 2.59 bits per heavy atom. The number of carbonyl (C=O) groups excluding carboxylic acids is 2. The zero-order valence-electron chi connectivity index (χ0n) is 18.1. The standard InChI is InChI=1S/C24H33N3O2/c1-5-21-22(18(4)28)17(3)26-23(21)24(29)25-14-19-11-6-7-12-20(19)15-27-13-9-8-10-16(27)2/h6-7,11-12,16,26H,5,8-10,13-15H2,1-4H3,(H,25,29). The van der Waals surface area contributed by atoms with Crippen molar-refractivity contribution in [3.05, 3.63) is 57.9 Å². The van der Waals surface area contributed by atoms with Gasteiger partial charge in [-0.05, 0) is 63.3 Å². The summed E-state index contributed by atoms with van der Waals surface area (Å²) in [5, 5.41) is 3.06. The normalized spacial score (nSPS) is 17.3. The first-order valence-corrected chi connectivity index (χ1v) is 10.7. The van der Waals surface area contributed by atoms with Gasteiger partial charge in [-0.3, -0.25) is 14.5 Å². The number of ketones is 1. The van der Waals surface area contributed by atoms with E-state index in [0.717, 1.165) is 29.9 Å². The third-order valence-corrected chi connectivity index (χ3v) is 6.10. The Kier molecular flexibility index (Phi) is 6.91. The molecule has 29 heavy (non-hydrogen) atoms. The minimum Gasteiger partial charge on any atom is -0.354 e. The average molecular weight is 396 g/mol. The van der Waals surface area contributed by atoms with E-state index in [-0.39, 0.29) is 11.7 Å². The molecule has 0 saturated carbocycles. The van der Waals surface area contributed by atoms with E-state index in [1.165, 1.54) is 24.8 Å². The molecule has 1 saturated heterocycles. The molecule has 1 aliphatic heterocycles. The molecule has 0 radical (unpaired) electrons. The number of hydrogen-bond donors (Lipinski definition) is 2. The number of aromatic nitrogens is 1. The molecule has 2 heterocycles. The zero-order valence-corrected chi connectivity index (χ0v) is 18.1. The van der Waals surface area contributed by atoms with Crippen molar-refractivity contribution in [2.75, 3.05) is 6.54 Å². The predicted molar refractivity (Wildman–Crippen MR) is 116 cm³/mol. The highest BCUT2D eigenvalue weighted by Crippen LogP contribution is 2.22. The molecule has 1 amide bonds. The van der Waals surface area contributed by atoms with Crippen molar-refractivity contribution in [1.29, 1.82) is 0 Å². The zero-order chi connectivity index (χ0) is 21.0. The van der Waals surface area contributed by atoms with Crippen LogP contribution in [0, 0.1) is 6.92 Å². The van der Waals surface area contributed by atoms with Gasteiger partial charge in [0.25, 0.3) is 5.91 Å². The smallest absolute Gasteiger partial charge is 0.268 e. The van der Waals surface area contributed by atoms with Crippen molar-refractivity contribution >= 4 is 11.7 Å². The molecular weight excluding hydrogens is 362 g/mol. The Balaban J connectivity index is 1.73. The van der Waals surface area contributed by atoms with Gasteiger partial charge in [0.05, 0.1) is 0 Å². The summed E-state index contributed by atoms with van der Waals surface area (Å²) in [6.07, 6.45) is 4.47. The molecule has 5 nitrogen and oxygen atoms in total. The fourth-order valence-corrected chi connectivity index (χ4v) is 4.46. The predicted octanol–water partition coefficient (Wildman–Crippen LogP) is 4.39. The number of benzene rings is 1. The topological polar surface area (TPSA) is 65.2 Å². The van der Waals surface area contributed by atoms with Crippen LogP contribution in [0.3, 0.4) is 0 Å². The first kappa shape index (κ1) is 21.3.